The van der Waals surface area contributed by atoms with Gasteiger partial charge in [0.05, 0.1) is 6.54 Å². The minimum Gasteiger partial charge on any atom is -0.352 e. The van der Waals surface area contributed by atoms with Crippen molar-refractivity contribution in [2.45, 2.75) is 32.0 Å². The van der Waals surface area contributed by atoms with Crippen LogP contribution in [0.1, 0.15) is 24.0 Å². The SMILES string of the molecule is O=C(CCC1NC(=O)N(Cc2ccccc2)C1=O)NCc1cccc(Cl)c1. The molecule has 0 saturated carbocycles. The van der Waals surface area contributed by atoms with Crippen molar-refractivity contribution in [1.29, 1.82) is 0 Å². The Kier molecular flexibility index (Phi) is 6.08. The molecule has 0 bridgehead atoms. The van der Waals surface area contributed by atoms with E-state index in [0.29, 0.717) is 11.6 Å². The summed E-state index contributed by atoms with van der Waals surface area (Å²) in [6, 6.07) is 15.4. The van der Waals surface area contributed by atoms with Crippen molar-refractivity contribution in [2.75, 3.05) is 0 Å². The lowest BCUT2D eigenvalue weighted by Crippen LogP contribution is -2.32. The monoisotopic (exact) mass is 385 g/mol. The molecule has 0 aliphatic carbocycles. The van der Waals surface area contributed by atoms with Gasteiger partial charge in [-0.05, 0) is 29.7 Å². The third kappa shape index (κ3) is 5.08. The summed E-state index contributed by atoms with van der Waals surface area (Å²) >= 11 is 5.91. The molecule has 3 rings (SSSR count). The van der Waals surface area contributed by atoms with E-state index in [1.807, 2.05) is 42.5 Å². The number of urea groups is 1. The zero-order chi connectivity index (χ0) is 19.2. The van der Waals surface area contributed by atoms with Gasteiger partial charge in [-0.15, -0.1) is 0 Å². The first kappa shape index (κ1) is 18.9. The van der Waals surface area contributed by atoms with Crippen LogP contribution >= 0.6 is 11.6 Å². The van der Waals surface area contributed by atoms with Crippen molar-refractivity contribution >= 4 is 29.4 Å². The van der Waals surface area contributed by atoms with Crippen LogP contribution in [-0.2, 0) is 22.7 Å². The van der Waals surface area contributed by atoms with E-state index in [4.69, 9.17) is 11.6 Å². The molecule has 1 saturated heterocycles. The predicted molar refractivity (Wildman–Crippen MR) is 102 cm³/mol. The molecule has 2 aromatic carbocycles. The van der Waals surface area contributed by atoms with E-state index in [0.717, 1.165) is 11.1 Å². The Balaban J connectivity index is 1.47. The summed E-state index contributed by atoms with van der Waals surface area (Å²) in [6.07, 6.45) is 0.410. The van der Waals surface area contributed by atoms with Crippen molar-refractivity contribution in [3.05, 3.63) is 70.7 Å². The molecule has 6 nitrogen and oxygen atoms in total. The highest BCUT2D eigenvalue weighted by atomic mass is 35.5. The van der Waals surface area contributed by atoms with Crippen molar-refractivity contribution in [1.82, 2.24) is 15.5 Å². The van der Waals surface area contributed by atoms with Gasteiger partial charge in [-0.3, -0.25) is 14.5 Å². The molecule has 1 aliphatic rings. The Morgan fingerprint density at radius 1 is 1.07 bits per heavy atom. The Morgan fingerprint density at radius 2 is 1.81 bits per heavy atom. The zero-order valence-electron chi connectivity index (χ0n) is 14.7. The summed E-state index contributed by atoms with van der Waals surface area (Å²) < 4.78 is 0. The fraction of sp³-hybridized carbons (Fsp3) is 0.250. The van der Waals surface area contributed by atoms with Crippen molar-refractivity contribution in [3.63, 3.8) is 0 Å². The van der Waals surface area contributed by atoms with E-state index in [1.165, 1.54) is 4.90 Å². The van der Waals surface area contributed by atoms with Gasteiger partial charge in [-0.25, -0.2) is 4.79 Å². The number of hydrogen-bond donors (Lipinski definition) is 2. The number of carbonyl (C=O) groups is 3. The summed E-state index contributed by atoms with van der Waals surface area (Å²) in [7, 11) is 0. The highest BCUT2D eigenvalue weighted by Crippen LogP contribution is 2.15. The average Bonchev–Trinajstić information content (AvgIpc) is 2.93. The Hall–Kier alpha value is -2.86. The second kappa shape index (κ2) is 8.68. The number of benzene rings is 2. The third-order valence-electron chi connectivity index (χ3n) is 4.33. The second-order valence-electron chi connectivity index (χ2n) is 6.36. The molecule has 1 aliphatic heterocycles. The summed E-state index contributed by atoms with van der Waals surface area (Å²) in [5.74, 6) is -0.481. The fourth-order valence-corrected chi connectivity index (χ4v) is 3.11. The fourth-order valence-electron chi connectivity index (χ4n) is 2.90. The van der Waals surface area contributed by atoms with Gasteiger partial charge in [0, 0.05) is 18.0 Å². The predicted octanol–water partition coefficient (Wildman–Crippen LogP) is 2.86. The van der Waals surface area contributed by atoms with Gasteiger partial charge in [0.1, 0.15) is 6.04 Å². The van der Waals surface area contributed by atoms with Crippen LogP contribution in [0.25, 0.3) is 0 Å². The molecule has 2 aromatic rings. The lowest BCUT2D eigenvalue weighted by atomic mass is 10.1. The maximum atomic E-state index is 12.4. The normalized spacial score (nSPS) is 16.3. The highest BCUT2D eigenvalue weighted by Gasteiger charge is 2.37. The molecule has 1 unspecified atom stereocenters. The third-order valence-corrected chi connectivity index (χ3v) is 4.56. The molecule has 27 heavy (non-hydrogen) atoms. The Morgan fingerprint density at radius 3 is 2.56 bits per heavy atom. The number of nitrogens with one attached hydrogen (secondary N) is 2. The molecule has 1 heterocycles. The summed E-state index contributed by atoms with van der Waals surface area (Å²) in [5.41, 5.74) is 1.77. The number of amides is 4. The van der Waals surface area contributed by atoms with Gasteiger partial charge in [0.25, 0.3) is 5.91 Å². The summed E-state index contributed by atoms with van der Waals surface area (Å²) in [4.78, 5) is 37.7. The molecule has 0 aromatic heterocycles. The molecule has 7 heteroatoms. The molecule has 1 atom stereocenters. The van der Waals surface area contributed by atoms with E-state index >= 15 is 0 Å². The maximum absolute atomic E-state index is 12.4. The van der Waals surface area contributed by atoms with E-state index in [2.05, 4.69) is 10.6 Å². The van der Waals surface area contributed by atoms with Crippen LogP contribution < -0.4 is 10.6 Å². The van der Waals surface area contributed by atoms with Crippen molar-refractivity contribution < 1.29 is 14.4 Å². The molecule has 0 radical (unpaired) electrons. The lowest BCUT2D eigenvalue weighted by Gasteiger charge is -2.13. The first-order chi connectivity index (χ1) is 13.0. The minimum absolute atomic E-state index is 0.149. The zero-order valence-corrected chi connectivity index (χ0v) is 15.4. The first-order valence-corrected chi connectivity index (χ1v) is 9.07. The number of imide groups is 1. The number of nitrogens with zero attached hydrogens (tertiary/aromatic N) is 1. The molecular weight excluding hydrogens is 366 g/mol. The van der Waals surface area contributed by atoms with E-state index in [1.54, 1.807) is 12.1 Å². The smallest absolute Gasteiger partial charge is 0.325 e. The average molecular weight is 386 g/mol. The van der Waals surface area contributed by atoms with Gasteiger partial charge in [0.2, 0.25) is 5.91 Å². The molecule has 1 fully saturated rings. The summed E-state index contributed by atoms with van der Waals surface area (Å²) in [5, 5.41) is 6.05. The van der Waals surface area contributed by atoms with Crippen molar-refractivity contribution in [3.8, 4) is 0 Å². The molecule has 0 spiro atoms. The maximum Gasteiger partial charge on any atom is 0.325 e. The number of halogens is 1. The molecule has 140 valence electrons. The number of rotatable bonds is 7. The van der Waals surface area contributed by atoms with Gasteiger partial charge in [0.15, 0.2) is 0 Å². The topological polar surface area (TPSA) is 78.5 Å². The standard InChI is InChI=1S/C20H20ClN3O3/c21-16-8-4-7-15(11-16)12-22-18(25)10-9-17-19(26)24(20(27)23-17)13-14-5-2-1-3-6-14/h1-8,11,17H,9-10,12-13H2,(H,22,25)(H,23,27). The van der Waals surface area contributed by atoms with E-state index in [9.17, 15) is 14.4 Å². The molecule has 4 amide bonds. The van der Waals surface area contributed by atoms with E-state index < -0.39 is 12.1 Å². The summed E-state index contributed by atoms with van der Waals surface area (Å²) in [6.45, 7) is 0.591. The number of carbonyl (C=O) groups excluding carboxylic acids is 3. The van der Waals surface area contributed by atoms with Crippen molar-refractivity contribution in [2.24, 2.45) is 0 Å². The van der Waals surface area contributed by atoms with Gasteiger partial charge < -0.3 is 10.6 Å². The van der Waals surface area contributed by atoms with Crippen LogP contribution in [0.15, 0.2) is 54.6 Å². The Labute approximate surface area is 162 Å². The largest absolute Gasteiger partial charge is 0.352 e. The second-order valence-corrected chi connectivity index (χ2v) is 6.79. The minimum atomic E-state index is -0.668. The van der Waals surface area contributed by atoms with Crippen LogP contribution in [0.2, 0.25) is 5.02 Å². The van der Waals surface area contributed by atoms with Gasteiger partial charge in [-0.2, -0.15) is 0 Å². The van der Waals surface area contributed by atoms with Crippen LogP contribution in [0.4, 0.5) is 4.79 Å². The number of hydrogen-bond acceptors (Lipinski definition) is 3. The lowest BCUT2D eigenvalue weighted by molar-refractivity contribution is -0.128. The first-order valence-electron chi connectivity index (χ1n) is 8.70. The van der Waals surface area contributed by atoms with E-state index in [-0.39, 0.29) is 31.2 Å². The quantitative estimate of drug-likeness (QED) is 0.719. The highest BCUT2D eigenvalue weighted by molar-refractivity contribution is 6.30. The van der Waals surface area contributed by atoms with Crippen LogP contribution in [0.5, 0.6) is 0 Å². The van der Waals surface area contributed by atoms with Gasteiger partial charge >= 0.3 is 6.03 Å². The van der Waals surface area contributed by atoms with Crippen LogP contribution in [0, 0.1) is 0 Å². The molecule has 2 N–H and O–H groups in total. The van der Waals surface area contributed by atoms with Crippen LogP contribution in [-0.4, -0.2) is 28.8 Å². The Bertz CT molecular complexity index is 841. The van der Waals surface area contributed by atoms with Crippen LogP contribution in [0.3, 0.4) is 0 Å². The molecular formula is C20H20ClN3O3. The van der Waals surface area contributed by atoms with Gasteiger partial charge in [-0.1, -0.05) is 54.1 Å².